The molecule has 0 radical (unpaired) electrons. The third-order valence-electron chi connectivity index (χ3n) is 10.9. The van der Waals surface area contributed by atoms with Crippen molar-refractivity contribution in [3.05, 3.63) is 94.0 Å². The van der Waals surface area contributed by atoms with Crippen LogP contribution in [0.3, 0.4) is 0 Å². The molecule has 0 aromatic heterocycles. The molecule has 4 rings (SSSR count). The van der Waals surface area contributed by atoms with E-state index < -0.39 is 22.0 Å². The summed E-state index contributed by atoms with van der Waals surface area (Å²) in [6.07, 6.45) is 11.7. The molecule has 1 atom stereocenters. The topological polar surface area (TPSA) is 115 Å². The van der Waals surface area contributed by atoms with Gasteiger partial charge in [0.1, 0.15) is 0 Å². The predicted molar refractivity (Wildman–Crippen MR) is 242 cm³/mol. The Morgan fingerprint density at radius 3 is 1.98 bits per heavy atom. The van der Waals surface area contributed by atoms with Gasteiger partial charge in [0.25, 0.3) is 21.8 Å². The van der Waals surface area contributed by atoms with E-state index in [1.165, 1.54) is 15.6 Å². The van der Waals surface area contributed by atoms with Gasteiger partial charge in [-0.2, -0.15) is 0 Å². The van der Waals surface area contributed by atoms with Gasteiger partial charge >= 0.3 is 0 Å². The highest BCUT2D eigenvalue weighted by Crippen LogP contribution is 2.34. The number of aliphatic imine (C=N–C) groups is 2. The fourth-order valence-corrected chi connectivity index (χ4v) is 8.99. The van der Waals surface area contributed by atoms with Crippen LogP contribution >= 0.6 is 0 Å². The number of carbonyl (C=O) groups excluding carboxylic acids is 2. The Morgan fingerprint density at radius 1 is 0.759 bits per heavy atom. The quantitative estimate of drug-likeness (QED) is 0.0850. The van der Waals surface area contributed by atoms with Crippen molar-refractivity contribution in [3.63, 3.8) is 0 Å². The highest BCUT2D eigenvalue weighted by Gasteiger charge is 2.41. The van der Waals surface area contributed by atoms with Gasteiger partial charge in [-0.15, -0.1) is 0 Å². The van der Waals surface area contributed by atoms with Gasteiger partial charge in [0.05, 0.1) is 16.3 Å². The Hall–Kier alpha value is -4.77. The van der Waals surface area contributed by atoms with Crippen molar-refractivity contribution < 1.29 is 18.0 Å². The van der Waals surface area contributed by atoms with E-state index in [9.17, 15) is 18.0 Å². The second-order valence-corrected chi connectivity index (χ2v) is 17.6. The van der Waals surface area contributed by atoms with E-state index in [2.05, 4.69) is 43.1 Å². The van der Waals surface area contributed by atoms with Crippen LogP contribution in [0, 0.1) is 13.8 Å². The minimum absolute atomic E-state index is 0.0215. The summed E-state index contributed by atoms with van der Waals surface area (Å²) >= 11 is 0. The minimum Gasteiger partial charge on any atom is -0.345 e. The molecule has 3 aromatic carbocycles. The predicted octanol–water partition coefficient (Wildman–Crippen LogP) is 11.3. The molecular formula is C47H66N6O4S. The zero-order valence-electron chi connectivity index (χ0n) is 36.4. The lowest BCUT2D eigenvalue weighted by Crippen LogP contribution is -2.52. The lowest BCUT2D eigenvalue weighted by molar-refractivity contribution is -0.110. The molecule has 11 heteroatoms. The van der Waals surface area contributed by atoms with E-state index in [0.717, 1.165) is 86.8 Å². The van der Waals surface area contributed by atoms with Gasteiger partial charge in [0, 0.05) is 49.3 Å². The number of amides is 2. The van der Waals surface area contributed by atoms with E-state index in [4.69, 9.17) is 9.98 Å². The minimum atomic E-state index is -4.07. The number of para-hydroxylation sites is 1. The van der Waals surface area contributed by atoms with Crippen molar-refractivity contribution in [2.24, 2.45) is 9.98 Å². The molecule has 0 saturated carbocycles. The van der Waals surface area contributed by atoms with Crippen LogP contribution in [-0.2, 0) is 14.8 Å². The number of carbonyl (C=O) groups is 2. The summed E-state index contributed by atoms with van der Waals surface area (Å²) in [5.74, 6) is -0.799. The molecule has 0 aliphatic carbocycles. The van der Waals surface area contributed by atoms with Crippen molar-refractivity contribution in [1.29, 1.82) is 0 Å². The largest absolute Gasteiger partial charge is 0.345 e. The summed E-state index contributed by atoms with van der Waals surface area (Å²) in [6, 6.07) is 20.8. The number of hydrogen-bond acceptors (Lipinski definition) is 7. The number of aryl methyl sites for hydroxylation is 2. The van der Waals surface area contributed by atoms with Gasteiger partial charge in [0.2, 0.25) is 0 Å². The van der Waals surface area contributed by atoms with Crippen LogP contribution in [0.15, 0.2) is 87.3 Å². The van der Waals surface area contributed by atoms with Crippen molar-refractivity contribution in [2.75, 3.05) is 30.9 Å². The first-order chi connectivity index (χ1) is 27.7. The van der Waals surface area contributed by atoms with E-state index >= 15 is 0 Å². The van der Waals surface area contributed by atoms with E-state index in [1.54, 1.807) is 46.1 Å². The van der Waals surface area contributed by atoms with Gasteiger partial charge in [0.15, 0.2) is 11.5 Å². The highest BCUT2D eigenvalue weighted by atomic mass is 32.2. The fourth-order valence-electron chi connectivity index (χ4n) is 7.31. The molecule has 10 nitrogen and oxygen atoms in total. The summed E-state index contributed by atoms with van der Waals surface area (Å²) < 4.78 is 30.9. The van der Waals surface area contributed by atoms with Crippen molar-refractivity contribution >= 4 is 56.1 Å². The maximum Gasteiger partial charge on any atom is 0.278 e. The molecule has 58 heavy (non-hydrogen) atoms. The molecule has 0 saturated heterocycles. The number of nitrogens with one attached hydrogen (secondary N) is 1. The molecule has 1 unspecified atom stereocenters. The van der Waals surface area contributed by atoms with Gasteiger partial charge in [-0.05, 0) is 101 Å². The average Bonchev–Trinajstić information content (AvgIpc) is 3.20. The summed E-state index contributed by atoms with van der Waals surface area (Å²) in [7, 11) is -0.717. The normalized spacial score (nSPS) is 14.6. The van der Waals surface area contributed by atoms with Crippen molar-refractivity contribution in [1.82, 2.24) is 9.21 Å². The fraction of sp³-hybridized carbons (Fsp3) is 0.489. The molecule has 0 bridgehead atoms. The van der Waals surface area contributed by atoms with Crippen LogP contribution in [0.4, 0.5) is 22.7 Å². The summed E-state index contributed by atoms with van der Waals surface area (Å²) in [5.41, 5.74) is 5.14. The Labute approximate surface area is 348 Å². The molecular weight excluding hydrogens is 745 g/mol. The van der Waals surface area contributed by atoms with Gasteiger partial charge in [-0.1, -0.05) is 102 Å². The first-order valence-corrected chi connectivity index (χ1v) is 22.7. The third kappa shape index (κ3) is 11.7. The van der Waals surface area contributed by atoms with E-state index in [1.807, 2.05) is 50.2 Å². The van der Waals surface area contributed by atoms with Crippen LogP contribution in [0.25, 0.3) is 0 Å². The van der Waals surface area contributed by atoms with Crippen LogP contribution in [-0.4, -0.2) is 67.7 Å². The molecule has 314 valence electrons. The molecule has 1 aliphatic heterocycles. The number of rotatable bonds is 21. The zero-order valence-corrected chi connectivity index (χ0v) is 37.2. The third-order valence-corrected chi connectivity index (χ3v) is 13.0. The Kier molecular flexibility index (Phi) is 17.3. The molecule has 1 heterocycles. The number of sulfonamides is 1. The van der Waals surface area contributed by atoms with Crippen LogP contribution < -0.4 is 10.2 Å². The SMILES string of the molecule is CCCCCCCCC(CCCCCC)N1C(/C(=N/c2ccc(N(CC)c3ccccc3)cc2C)C(=O)Nc2cc(C(=O)N(C)C)ccc2C)=NC(C)=C(C)S1(=O)=O. The Balaban J connectivity index is 1.89. The summed E-state index contributed by atoms with van der Waals surface area (Å²) in [5, 5.41) is 3.02. The van der Waals surface area contributed by atoms with Gasteiger partial charge in [-0.25, -0.2) is 22.7 Å². The number of allylic oxidation sites excluding steroid dienone is 2. The Bertz CT molecular complexity index is 2070. The van der Waals surface area contributed by atoms with Gasteiger partial charge < -0.3 is 15.1 Å². The number of nitrogens with zero attached hydrogens (tertiary/aromatic N) is 5. The van der Waals surface area contributed by atoms with Crippen LogP contribution in [0.5, 0.6) is 0 Å². The lowest BCUT2D eigenvalue weighted by Gasteiger charge is -2.36. The number of hydrogen-bond donors (Lipinski definition) is 1. The number of unbranched alkanes of at least 4 members (excludes halogenated alkanes) is 8. The molecule has 0 spiro atoms. The zero-order chi connectivity index (χ0) is 42.4. The molecule has 3 aromatic rings. The average molecular weight is 811 g/mol. The van der Waals surface area contributed by atoms with Crippen LogP contribution in [0.2, 0.25) is 0 Å². The number of anilines is 3. The second-order valence-electron chi connectivity index (χ2n) is 15.6. The van der Waals surface area contributed by atoms with E-state index in [0.29, 0.717) is 35.5 Å². The van der Waals surface area contributed by atoms with Crippen LogP contribution in [0.1, 0.15) is 133 Å². The maximum absolute atomic E-state index is 14.9. The summed E-state index contributed by atoms with van der Waals surface area (Å²) in [6.45, 7) is 14.3. The monoisotopic (exact) mass is 810 g/mol. The molecule has 1 N–H and O–H groups in total. The maximum atomic E-state index is 14.9. The first kappa shape index (κ1) is 45.9. The van der Waals surface area contributed by atoms with Gasteiger partial charge in [-0.3, -0.25) is 9.59 Å². The Morgan fingerprint density at radius 2 is 1.38 bits per heavy atom. The summed E-state index contributed by atoms with van der Waals surface area (Å²) in [4.78, 5) is 41.7. The molecule has 1 aliphatic rings. The first-order valence-electron chi connectivity index (χ1n) is 21.2. The molecule has 2 amide bonds. The highest BCUT2D eigenvalue weighted by molar-refractivity contribution is 7.93. The standard InChI is InChI=1S/C47H66N6O4S/c1-10-13-15-17-18-21-27-40(26-20-16-14-11-2)53-45(48-36(6)37(7)58(53,56)57)44(46(54)50-43-33-38(29-28-34(43)4)47(55)51(8)9)49-42-31-30-41(32-35(42)5)52(12-3)39-24-22-19-23-25-39/h19,22-25,28-33,40H,10-18,20-21,26-27H2,1-9H3,(H,50,54)/b49-44-. The van der Waals surface area contributed by atoms with Crippen molar-refractivity contribution in [2.45, 2.75) is 132 Å². The molecule has 0 fully saturated rings. The van der Waals surface area contributed by atoms with Crippen molar-refractivity contribution in [3.8, 4) is 0 Å². The smallest absolute Gasteiger partial charge is 0.278 e. The van der Waals surface area contributed by atoms with E-state index in [-0.39, 0.29) is 22.4 Å². The lowest BCUT2D eigenvalue weighted by atomic mass is 10.00. The number of amidine groups is 1. The second kappa shape index (κ2) is 21.8. The number of benzene rings is 3.